The number of carbonyl (C=O) groups is 2. The van der Waals surface area contributed by atoms with Crippen molar-refractivity contribution in [1.82, 2.24) is 4.90 Å². The Balaban J connectivity index is 1.82. The van der Waals surface area contributed by atoms with E-state index in [4.69, 9.17) is 4.74 Å². The van der Waals surface area contributed by atoms with Crippen molar-refractivity contribution in [3.8, 4) is 0 Å². The number of carbonyl (C=O) groups excluding carboxylic acids is 2. The van der Waals surface area contributed by atoms with E-state index in [1.54, 1.807) is 6.92 Å². The molecular formula is C17H21NO3. The Bertz CT molecular complexity index is 586. The van der Waals surface area contributed by atoms with E-state index in [-0.39, 0.29) is 17.3 Å². The van der Waals surface area contributed by atoms with Gasteiger partial charge in [-0.25, -0.2) is 4.79 Å². The van der Waals surface area contributed by atoms with Gasteiger partial charge in [-0.2, -0.15) is 0 Å². The van der Waals surface area contributed by atoms with E-state index in [2.05, 4.69) is 6.07 Å². The Kier molecular flexibility index (Phi) is 3.47. The van der Waals surface area contributed by atoms with Gasteiger partial charge >= 0.3 is 5.97 Å². The summed E-state index contributed by atoms with van der Waals surface area (Å²) in [5, 5.41) is 0. The van der Waals surface area contributed by atoms with Crippen LogP contribution in [0, 0.1) is 5.41 Å². The number of nitrogens with zero attached hydrogens (tertiary/aromatic N) is 1. The minimum absolute atomic E-state index is 0.163. The van der Waals surface area contributed by atoms with Crippen molar-refractivity contribution in [2.24, 2.45) is 5.41 Å². The molecule has 0 unspecified atom stereocenters. The first-order valence-corrected chi connectivity index (χ1v) is 7.49. The van der Waals surface area contributed by atoms with Crippen LogP contribution >= 0.6 is 0 Å². The summed E-state index contributed by atoms with van der Waals surface area (Å²) in [5.74, 6) is -0.0827. The SMILES string of the molecule is COC(=O)c1cccc2c1CC1(CCN(C(C)=O)CC1)C2. The number of rotatable bonds is 1. The normalized spacial score (nSPS) is 19.4. The summed E-state index contributed by atoms with van der Waals surface area (Å²) in [6.45, 7) is 3.30. The summed E-state index contributed by atoms with van der Waals surface area (Å²) in [7, 11) is 1.43. The second-order valence-corrected chi connectivity index (χ2v) is 6.29. The molecule has 2 aliphatic rings. The van der Waals surface area contributed by atoms with Crippen molar-refractivity contribution < 1.29 is 14.3 Å². The maximum atomic E-state index is 11.9. The molecule has 0 saturated carbocycles. The van der Waals surface area contributed by atoms with Gasteiger partial charge in [-0.15, -0.1) is 0 Å². The van der Waals surface area contributed by atoms with Crippen LogP contribution < -0.4 is 0 Å². The Labute approximate surface area is 125 Å². The van der Waals surface area contributed by atoms with E-state index < -0.39 is 0 Å². The highest BCUT2D eigenvalue weighted by Crippen LogP contribution is 2.45. The van der Waals surface area contributed by atoms with Gasteiger partial charge < -0.3 is 9.64 Å². The average Bonchev–Trinajstić information content (AvgIpc) is 2.84. The number of methoxy groups -OCH3 is 1. The molecule has 1 aromatic rings. The van der Waals surface area contributed by atoms with Gasteiger partial charge in [-0.3, -0.25) is 4.79 Å². The maximum Gasteiger partial charge on any atom is 0.338 e. The zero-order valence-corrected chi connectivity index (χ0v) is 12.6. The molecule has 112 valence electrons. The fourth-order valence-corrected chi connectivity index (χ4v) is 3.80. The number of likely N-dealkylation sites (tertiary alicyclic amines) is 1. The molecule has 1 amide bonds. The van der Waals surface area contributed by atoms with Crippen LogP contribution in [0.2, 0.25) is 0 Å². The monoisotopic (exact) mass is 287 g/mol. The van der Waals surface area contributed by atoms with Gasteiger partial charge in [0.15, 0.2) is 0 Å². The fourth-order valence-electron chi connectivity index (χ4n) is 3.80. The lowest BCUT2D eigenvalue weighted by Gasteiger charge is -2.39. The minimum atomic E-state index is -0.245. The highest BCUT2D eigenvalue weighted by molar-refractivity contribution is 5.91. The molecule has 1 aliphatic carbocycles. The molecule has 0 bridgehead atoms. The summed E-state index contributed by atoms with van der Waals surface area (Å²) in [5.41, 5.74) is 3.36. The van der Waals surface area contributed by atoms with E-state index >= 15 is 0 Å². The van der Waals surface area contributed by atoms with Gasteiger partial charge in [0, 0.05) is 20.0 Å². The van der Waals surface area contributed by atoms with Crippen LogP contribution in [0.5, 0.6) is 0 Å². The first-order chi connectivity index (χ1) is 10.0. The third kappa shape index (κ3) is 2.43. The lowest BCUT2D eigenvalue weighted by atomic mass is 9.76. The van der Waals surface area contributed by atoms with Gasteiger partial charge in [0.25, 0.3) is 0 Å². The second kappa shape index (κ2) is 5.17. The summed E-state index contributed by atoms with van der Waals surface area (Å²) in [6.07, 6.45) is 3.97. The molecule has 1 saturated heterocycles. The van der Waals surface area contributed by atoms with Gasteiger partial charge in [-0.1, -0.05) is 12.1 Å². The standard InChI is InChI=1S/C17H21NO3/c1-12(19)18-8-6-17(7-9-18)10-13-4-3-5-14(15(13)11-17)16(20)21-2/h3-5H,6-11H2,1-2H3. The Morgan fingerprint density at radius 2 is 1.90 bits per heavy atom. The van der Waals surface area contributed by atoms with E-state index in [1.807, 2.05) is 17.0 Å². The molecule has 0 radical (unpaired) electrons. The molecule has 0 atom stereocenters. The van der Waals surface area contributed by atoms with E-state index in [0.717, 1.165) is 44.3 Å². The number of benzene rings is 1. The van der Waals surface area contributed by atoms with Gasteiger partial charge in [0.1, 0.15) is 0 Å². The lowest BCUT2D eigenvalue weighted by molar-refractivity contribution is -0.131. The third-order valence-electron chi connectivity index (χ3n) is 5.07. The van der Waals surface area contributed by atoms with Crippen molar-refractivity contribution in [3.05, 3.63) is 34.9 Å². The van der Waals surface area contributed by atoms with Crippen LogP contribution in [0.4, 0.5) is 0 Å². The Morgan fingerprint density at radius 1 is 1.19 bits per heavy atom. The molecule has 1 aliphatic heterocycles. The van der Waals surface area contributed by atoms with Gasteiger partial charge in [0.2, 0.25) is 5.91 Å². The number of fused-ring (bicyclic) bond motifs is 1. The van der Waals surface area contributed by atoms with Crippen molar-refractivity contribution in [3.63, 3.8) is 0 Å². The van der Waals surface area contributed by atoms with Crippen molar-refractivity contribution in [2.45, 2.75) is 32.6 Å². The van der Waals surface area contributed by atoms with Crippen molar-refractivity contribution >= 4 is 11.9 Å². The van der Waals surface area contributed by atoms with Gasteiger partial charge in [-0.05, 0) is 48.3 Å². The molecule has 4 heteroatoms. The van der Waals surface area contributed by atoms with Crippen LogP contribution in [0.3, 0.4) is 0 Å². The number of ether oxygens (including phenoxy) is 1. The predicted octanol–water partition coefficient (Wildman–Crippen LogP) is 2.20. The highest BCUT2D eigenvalue weighted by atomic mass is 16.5. The quantitative estimate of drug-likeness (QED) is 0.744. The number of esters is 1. The van der Waals surface area contributed by atoms with Crippen LogP contribution in [0.1, 0.15) is 41.3 Å². The zero-order chi connectivity index (χ0) is 15.0. The number of piperidine rings is 1. The Hall–Kier alpha value is -1.84. The molecular weight excluding hydrogens is 266 g/mol. The number of amides is 1. The van der Waals surface area contributed by atoms with Crippen molar-refractivity contribution in [2.75, 3.05) is 20.2 Å². The first kappa shape index (κ1) is 14.1. The summed E-state index contributed by atoms with van der Waals surface area (Å²) < 4.78 is 4.89. The molecule has 0 N–H and O–H groups in total. The van der Waals surface area contributed by atoms with Crippen LogP contribution in [-0.4, -0.2) is 37.0 Å². The fraction of sp³-hybridized carbons (Fsp3) is 0.529. The molecule has 1 heterocycles. The predicted molar refractivity (Wildman–Crippen MR) is 79.1 cm³/mol. The second-order valence-electron chi connectivity index (χ2n) is 6.29. The number of hydrogen-bond acceptors (Lipinski definition) is 3. The van der Waals surface area contributed by atoms with E-state index in [9.17, 15) is 9.59 Å². The maximum absolute atomic E-state index is 11.9. The third-order valence-corrected chi connectivity index (χ3v) is 5.07. The van der Waals surface area contributed by atoms with E-state index in [0.29, 0.717) is 5.56 Å². The summed E-state index contributed by atoms with van der Waals surface area (Å²) in [4.78, 5) is 25.3. The molecule has 1 fully saturated rings. The molecule has 1 spiro atoms. The largest absolute Gasteiger partial charge is 0.465 e. The minimum Gasteiger partial charge on any atom is -0.465 e. The van der Waals surface area contributed by atoms with Crippen molar-refractivity contribution in [1.29, 1.82) is 0 Å². The zero-order valence-electron chi connectivity index (χ0n) is 12.6. The highest BCUT2D eigenvalue weighted by Gasteiger charge is 2.41. The average molecular weight is 287 g/mol. The summed E-state index contributed by atoms with van der Waals surface area (Å²) in [6, 6.07) is 5.91. The molecule has 4 nitrogen and oxygen atoms in total. The Morgan fingerprint density at radius 3 is 2.52 bits per heavy atom. The van der Waals surface area contributed by atoms with Crippen LogP contribution in [0.25, 0.3) is 0 Å². The smallest absolute Gasteiger partial charge is 0.338 e. The molecule has 21 heavy (non-hydrogen) atoms. The van der Waals surface area contributed by atoms with Gasteiger partial charge in [0.05, 0.1) is 12.7 Å². The summed E-state index contributed by atoms with van der Waals surface area (Å²) >= 11 is 0. The number of hydrogen-bond donors (Lipinski definition) is 0. The first-order valence-electron chi connectivity index (χ1n) is 7.49. The lowest BCUT2D eigenvalue weighted by Crippen LogP contribution is -2.42. The van der Waals surface area contributed by atoms with E-state index in [1.165, 1.54) is 12.7 Å². The molecule has 3 rings (SSSR count). The van der Waals surface area contributed by atoms with Crippen LogP contribution in [0.15, 0.2) is 18.2 Å². The van der Waals surface area contributed by atoms with Crippen LogP contribution in [-0.2, 0) is 22.4 Å². The molecule has 1 aromatic carbocycles. The topological polar surface area (TPSA) is 46.6 Å². The molecule has 0 aromatic heterocycles.